The number of halogens is 3. The van der Waals surface area contributed by atoms with Crippen LogP contribution in [0, 0.1) is 6.92 Å². The Morgan fingerprint density at radius 3 is 2.50 bits per heavy atom. The van der Waals surface area contributed by atoms with E-state index in [0.29, 0.717) is 5.01 Å². The van der Waals surface area contributed by atoms with Crippen molar-refractivity contribution in [1.82, 2.24) is 9.97 Å². The first-order valence-electron chi connectivity index (χ1n) is 7.24. The van der Waals surface area contributed by atoms with Gasteiger partial charge in [0.1, 0.15) is 27.0 Å². The molecule has 0 aliphatic carbocycles. The van der Waals surface area contributed by atoms with Gasteiger partial charge in [0.2, 0.25) is 0 Å². The number of thiazole rings is 2. The van der Waals surface area contributed by atoms with Crippen LogP contribution in [0.2, 0.25) is 0 Å². The first-order valence-corrected chi connectivity index (χ1v) is 8.93. The predicted octanol–water partition coefficient (Wildman–Crippen LogP) is 4.48. The molecule has 4 nitrogen and oxygen atoms in total. The molecule has 2 radical (unpaired) electrons. The van der Waals surface area contributed by atoms with Crippen molar-refractivity contribution in [2.75, 3.05) is 0 Å². The van der Waals surface area contributed by atoms with Crippen molar-refractivity contribution in [1.29, 1.82) is 0 Å². The molecule has 0 saturated carbocycles. The van der Waals surface area contributed by atoms with Crippen LogP contribution >= 0.6 is 22.7 Å². The van der Waals surface area contributed by atoms with Crippen LogP contribution in [0.15, 0.2) is 35.7 Å². The van der Waals surface area contributed by atoms with Crippen molar-refractivity contribution in [3.8, 4) is 10.6 Å². The van der Waals surface area contributed by atoms with Crippen LogP contribution in [0.1, 0.15) is 21.3 Å². The van der Waals surface area contributed by atoms with Gasteiger partial charge in [-0.15, -0.1) is 22.7 Å². The molecular formula is C16H11BF3N3OS2. The number of nitrogens with two attached hydrogens (primary N) is 1. The third-order valence-corrected chi connectivity index (χ3v) is 5.23. The van der Waals surface area contributed by atoms with E-state index in [1.54, 1.807) is 5.38 Å². The summed E-state index contributed by atoms with van der Waals surface area (Å²) in [6, 6.07) is 9.34. The van der Waals surface area contributed by atoms with Crippen LogP contribution in [0.4, 0.5) is 13.2 Å². The van der Waals surface area contributed by atoms with E-state index >= 15 is 0 Å². The Morgan fingerprint density at radius 1 is 1.19 bits per heavy atom. The zero-order valence-electron chi connectivity index (χ0n) is 13.4. The lowest BCUT2D eigenvalue weighted by Crippen LogP contribution is -2.11. The van der Waals surface area contributed by atoms with Gasteiger partial charge in [0.05, 0.1) is 5.01 Å². The fourth-order valence-electron chi connectivity index (χ4n) is 2.24. The minimum absolute atomic E-state index is 0.0833. The van der Waals surface area contributed by atoms with Crippen molar-refractivity contribution in [3.63, 3.8) is 0 Å². The molecule has 3 rings (SSSR count). The first kappa shape index (κ1) is 18.5. The molecule has 26 heavy (non-hydrogen) atoms. The molecule has 2 N–H and O–H groups in total. The van der Waals surface area contributed by atoms with E-state index in [4.69, 9.17) is 18.4 Å². The maximum atomic E-state index is 13.2. The lowest BCUT2D eigenvalue weighted by Gasteiger charge is -2.11. The zero-order chi connectivity index (χ0) is 18.9. The van der Waals surface area contributed by atoms with Gasteiger partial charge in [0.15, 0.2) is 5.69 Å². The van der Waals surface area contributed by atoms with Gasteiger partial charge in [-0.2, -0.15) is 13.2 Å². The summed E-state index contributed by atoms with van der Waals surface area (Å²) >= 11 is 2.11. The summed E-state index contributed by atoms with van der Waals surface area (Å²) in [5.41, 5.74) is 6.02. The van der Waals surface area contributed by atoms with Gasteiger partial charge in [-0.05, 0) is 6.92 Å². The van der Waals surface area contributed by atoms with E-state index in [2.05, 4.69) is 9.97 Å². The molecule has 0 spiro atoms. The lowest BCUT2D eigenvalue weighted by atomic mass is 10.2. The van der Waals surface area contributed by atoms with E-state index in [9.17, 15) is 13.2 Å². The summed E-state index contributed by atoms with van der Waals surface area (Å²) < 4.78 is 44.4. The fraction of sp³-hybridized carbons (Fsp3) is 0.125. The molecular weight excluding hydrogens is 382 g/mol. The highest BCUT2D eigenvalue weighted by molar-refractivity contribution is 7.13. The van der Waals surface area contributed by atoms with Crippen molar-refractivity contribution >= 4 is 42.2 Å². The topological polar surface area (TPSA) is 61.0 Å². The molecule has 0 aliphatic rings. The van der Waals surface area contributed by atoms with Crippen molar-refractivity contribution < 1.29 is 17.8 Å². The summed E-state index contributed by atoms with van der Waals surface area (Å²) in [5, 5.41) is 2.53. The Labute approximate surface area is 156 Å². The third-order valence-electron chi connectivity index (χ3n) is 3.37. The minimum Gasteiger partial charge on any atom is -0.565 e. The largest absolute Gasteiger partial charge is 0.565 e. The number of rotatable bonds is 4. The van der Waals surface area contributed by atoms with Crippen LogP contribution in [-0.4, -0.2) is 18.0 Å². The molecule has 0 unspecified atom stereocenters. The quantitative estimate of drug-likeness (QED) is 0.525. The van der Waals surface area contributed by atoms with E-state index in [1.165, 1.54) is 18.3 Å². The van der Waals surface area contributed by atoms with Gasteiger partial charge < -0.3 is 10.4 Å². The molecule has 0 bridgehead atoms. The number of benzene rings is 1. The molecule has 132 valence electrons. The van der Waals surface area contributed by atoms with Crippen LogP contribution in [-0.2, 0) is 10.8 Å². The Hall–Kier alpha value is -2.33. The van der Waals surface area contributed by atoms with Gasteiger partial charge >= 0.3 is 14.2 Å². The first-order chi connectivity index (χ1) is 12.3. The smallest absolute Gasteiger partial charge is 0.434 e. The van der Waals surface area contributed by atoms with Crippen molar-refractivity contribution in [2.24, 2.45) is 5.73 Å². The SMILES string of the molecule is [B]O/C(=C(\N)c1csc(-c2ccccc2)n1)c1sc(C)nc1C(F)(F)F. The maximum Gasteiger partial charge on any atom is 0.434 e. The highest BCUT2D eigenvalue weighted by Crippen LogP contribution is 2.39. The monoisotopic (exact) mass is 393 g/mol. The summed E-state index contributed by atoms with van der Waals surface area (Å²) in [7, 11) is 5.23. The minimum atomic E-state index is -4.65. The number of nitrogens with zero attached hydrogens (tertiary/aromatic N) is 2. The van der Waals surface area contributed by atoms with E-state index < -0.39 is 11.9 Å². The molecule has 0 aliphatic heterocycles. The van der Waals surface area contributed by atoms with Crippen molar-refractivity contribution in [3.05, 3.63) is 57.0 Å². The average molecular weight is 393 g/mol. The second-order valence-corrected chi connectivity index (χ2v) is 7.23. The van der Waals surface area contributed by atoms with E-state index in [-0.39, 0.29) is 27.0 Å². The van der Waals surface area contributed by atoms with Crippen molar-refractivity contribution in [2.45, 2.75) is 13.1 Å². The van der Waals surface area contributed by atoms with Gasteiger partial charge in [-0.25, -0.2) is 9.97 Å². The standard InChI is InChI=1S/C16H11BF3N3OS2/c1-8-22-14(16(18,19)20)13(26-8)12(24-17)11(21)10-7-25-15(23-10)9-5-3-2-4-6-9/h2-7H,21H2,1H3/b12-11-. The lowest BCUT2D eigenvalue weighted by molar-refractivity contribution is -0.141. The van der Waals surface area contributed by atoms with Gasteiger partial charge in [-0.3, -0.25) is 0 Å². The molecule has 2 aromatic heterocycles. The molecule has 0 atom stereocenters. The van der Waals surface area contributed by atoms with E-state index in [0.717, 1.165) is 16.9 Å². The Balaban J connectivity index is 2.07. The Kier molecular flexibility index (Phi) is 5.06. The number of alkyl halides is 3. The normalized spacial score (nSPS) is 12.8. The molecule has 3 aromatic rings. The number of hydrogen-bond donors (Lipinski definition) is 1. The summed E-state index contributed by atoms with van der Waals surface area (Å²) in [6.07, 6.45) is -4.65. The number of aromatic nitrogens is 2. The summed E-state index contributed by atoms with van der Waals surface area (Å²) in [4.78, 5) is 7.63. The molecule has 0 fully saturated rings. The second-order valence-electron chi connectivity index (χ2n) is 5.17. The average Bonchev–Trinajstić information content (AvgIpc) is 3.23. The maximum absolute atomic E-state index is 13.2. The molecule has 10 heteroatoms. The van der Waals surface area contributed by atoms with E-state index in [1.807, 2.05) is 30.3 Å². The van der Waals surface area contributed by atoms with Crippen LogP contribution in [0.3, 0.4) is 0 Å². The second kappa shape index (κ2) is 7.12. The fourth-order valence-corrected chi connectivity index (χ4v) is 4.01. The number of aryl methyl sites for hydroxylation is 1. The molecule has 1 aromatic carbocycles. The van der Waals surface area contributed by atoms with Gasteiger partial charge in [0, 0.05) is 10.9 Å². The Bertz CT molecular complexity index is 951. The Morgan fingerprint density at radius 2 is 1.88 bits per heavy atom. The van der Waals surface area contributed by atoms with Crippen LogP contribution in [0.5, 0.6) is 0 Å². The summed E-state index contributed by atoms with van der Waals surface area (Å²) in [5.74, 6) is -0.298. The molecule has 0 amide bonds. The predicted molar refractivity (Wildman–Crippen MR) is 97.2 cm³/mol. The highest BCUT2D eigenvalue weighted by atomic mass is 32.1. The number of hydrogen-bond acceptors (Lipinski definition) is 6. The zero-order valence-corrected chi connectivity index (χ0v) is 15.0. The highest BCUT2D eigenvalue weighted by Gasteiger charge is 2.39. The van der Waals surface area contributed by atoms with Gasteiger partial charge in [-0.1, -0.05) is 30.3 Å². The summed E-state index contributed by atoms with van der Waals surface area (Å²) in [6.45, 7) is 1.46. The molecule has 2 heterocycles. The van der Waals surface area contributed by atoms with Gasteiger partial charge in [0.25, 0.3) is 0 Å². The van der Waals surface area contributed by atoms with Crippen LogP contribution < -0.4 is 5.73 Å². The van der Waals surface area contributed by atoms with Crippen LogP contribution in [0.25, 0.3) is 22.0 Å². The molecule has 0 saturated heterocycles. The third kappa shape index (κ3) is 3.61.